The monoisotopic (exact) mass is 434 g/mol. The summed E-state index contributed by atoms with van der Waals surface area (Å²) >= 11 is 5.86. The summed E-state index contributed by atoms with van der Waals surface area (Å²) in [7, 11) is 0. The molecule has 2 aromatic carbocycles. The number of benzene rings is 2. The average Bonchev–Trinajstić information content (AvgIpc) is 2.77. The maximum Gasteiger partial charge on any atom is 0.261 e. The maximum atomic E-state index is 12.6. The van der Waals surface area contributed by atoms with E-state index < -0.39 is 0 Å². The number of aryl methyl sites for hydroxylation is 2. The quantitative estimate of drug-likeness (QED) is 0.480. The highest BCUT2D eigenvalue weighted by Gasteiger charge is 2.09. The van der Waals surface area contributed by atoms with Gasteiger partial charge < -0.3 is 10.1 Å². The normalized spacial score (nSPS) is 10.8. The predicted octanol–water partition coefficient (Wildman–Crippen LogP) is 4.57. The van der Waals surface area contributed by atoms with Crippen molar-refractivity contribution in [3.05, 3.63) is 88.1 Å². The Labute approximate surface area is 183 Å². The second-order valence-electron chi connectivity index (χ2n) is 6.95. The molecule has 4 aromatic rings. The number of para-hydroxylation sites is 1. The van der Waals surface area contributed by atoms with E-state index in [1.165, 1.54) is 17.1 Å². The van der Waals surface area contributed by atoms with Crippen LogP contribution in [-0.4, -0.2) is 20.4 Å². The number of rotatable bonds is 6. The summed E-state index contributed by atoms with van der Waals surface area (Å²) in [4.78, 5) is 33.5. The number of nitrogens with zero attached hydrogens (tertiary/aromatic N) is 3. The molecule has 0 fully saturated rings. The summed E-state index contributed by atoms with van der Waals surface area (Å²) < 4.78 is 7.07. The highest BCUT2D eigenvalue weighted by atomic mass is 35.5. The smallest absolute Gasteiger partial charge is 0.261 e. The lowest BCUT2D eigenvalue weighted by molar-refractivity contribution is -0.116. The molecule has 0 aliphatic carbocycles. The Morgan fingerprint density at radius 1 is 1.10 bits per heavy atom. The van der Waals surface area contributed by atoms with E-state index in [1.807, 2.05) is 19.1 Å². The zero-order valence-corrected chi connectivity index (χ0v) is 17.5. The number of ether oxygens (including phenoxy) is 1. The van der Waals surface area contributed by atoms with Crippen molar-refractivity contribution < 1.29 is 9.53 Å². The molecule has 7 nitrogen and oxygen atoms in total. The van der Waals surface area contributed by atoms with Crippen LogP contribution >= 0.6 is 11.6 Å². The average molecular weight is 435 g/mol. The Balaban J connectivity index is 1.36. The van der Waals surface area contributed by atoms with Crippen molar-refractivity contribution in [1.82, 2.24) is 14.5 Å². The van der Waals surface area contributed by atoms with Crippen LogP contribution in [0.1, 0.15) is 12.0 Å². The minimum atomic E-state index is -0.232. The molecule has 0 aliphatic rings. The number of carbonyl (C=O) groups excluding carboxylic acids is 1. The van der Waals surface area contributed by atoms with Gasteiger partial charge in [-0.3, -0.25) is 14.2 Å². The Bertz CT molecular complexity index is 1290. The first-order valence-corrected chi connectivity index (χ1v) is 10.0. The number of pyridine rings is 1. The van der Waals surface area contributed by atoms with Gasteiger partial charge in [0.25, 0.3) is 5.56 Å². The minimum absolute atomic E-state index is 0.127. The second-order valence-corrected chi connectivity index (χ2v) is 7.39. The second kappa shape index (κ2) is 8.97. The lowest BCUT2D eigenvalue weighted by atomic mass is 10.1. The fraction of sp³-hybridized carbons (Fsp3) is 0.130. The van der Waals surface area contributed by atoms with E-state index in [4.69, 9.17) is 16.3 Å². The van der Waals surface area contributed by atoms with Crippen LogP contribution in [0.5, 0.6) is 11.6 Å². The molecule has 0 saturated heterocycles. The van der Waals surface area contributed by atoms with Gasteiger partial charge in [0, 0.05) is 24.1 Å². The summed E-state index contributed by atoms with van der Waals surface area (Å²) in [6.07, 6.45) is 3.12. The predicted molar refractivity (Wildman–Crippen MR) is 120 cm³/mol. The Morgan fingerprint density at radius 3 is 2.65 bits per heavy atom. The Hall–Kier alpha value is -3.71. The first-order chi connectivity index (χ1) is 15.0. The van der Waals surface area contributed by atoms with E-state index in [0.29, 0.717) is 33.2 Å². The molecule has 0 saturated carbocycles. The van der Waals surface area contributed by atoms with Crippen LogP contribution in [0.25, 0.3) is 10.9 Å². The van der Waals surface area contributed by atoms with E-state index in [0.717, 1.165) is 5.56 Å². The van der Waals surface area contributed by atoms with Crippen molar-refractivity contribution in [3.8, 4) is 11.6 Å². The molecule has 0 bridgehead atoms. The zero-order valence-electron chi connectivity index (χ0n) is 16.7. The van der Waals surface area contributed by atoms with Crippen LogP contribution in [0.4, 0.5) is 5.69 Å². The SMILES string of the molecule is Cc1cccc2c(=O)n(CCC(=O)Nc3ccc(Oc4ccc(Cl)cc4)nc3)cnc12. The van der Waals surface area contributed by atoms with Crippen molar-refractivity contribution in [2.75, 3.05) is 5.32 Å². The zero-order chi connectivity index (χ0) is 21.8. The lowest BCUT2D eigenvalue weighted by Gasteiger charge is -2.09. The standard InChI is InChI=1S/C23H19ClN4O3/c1-15-3-2-4-19-22(15)26-14-28(23(19)30)12-11-20(29)27-17-7-10-21(25-13-17)31-18-8-5-16(24)6-9-18/h2-10,13-14H,11-12H2,1H3,(H,27,29). The van der Waals surface area contributed by atoms with E-state index in [1.54, 1.807) is 42.5 Å². The van der Waals surface area contributed by atoms with Crippen molar-refractivity contribution in [1.29, 1.82) is 0 Å². The number of carbonyl (C=O) groups is 1. The molecule has 4 rings (SSSR count). The highest BCUT2D eigenvalue weighted by Crippen LogP contribution is 2.22. The van der Waals surface area contributed by atoms with Crippen molar-refractivity contribution in [3.63, 3.8) is 0 Å². The summed E-state index contributed by atoms with van der Waals surface area (Å²) in [6.45, 7) is 2.14. The summed E-state index contributed by atoms with van der Waals surface area (Å²) in [5.74, 6) is 0.770. The summed E-state index contributed by atoms with van der Waals surface area (Å²) in [5.41, 5.74) is 2.00. The van der Waals surface area contributed by atoms with Gasteiger partial charge in [-0.05, 0) is 48.9 Å². The fourth-order valence-electron chi connectivity index (χ4n) is 3.08. The highest BCUT2D eigenvalue weighted by molar-refractivity contribution is 6.30. The van der Waals surface area contributed by atoms with Crippen LogP contribution in [0.2, 0.25) is 5.02 Å². The van der Waals surface area contributed by atoms with Gasteiger partial charge in [-0.2, -0.15) is 0 Å². The molecule has 2 heterocycles. The molecule has 0 spiro atoms. The van der Waals surface area contributed by atoms with Gasteiger partial charge in [-0.1, -0.05) is 23.7 Å². The number of halogens is 1. The molecule has 0 unspecified atom stereocenters. The third-order valence-electron chi connectivity index (χ3n) is 4.69. The number of anilines is 1. The molecule has 0 radical (unpaired) electrons. The summed E-state index contributed by atoms with van der Waals surface area (Å²) in [5, 5.41) is 3.93. The van der Waals surface area contributed by atoms with Crippen LogP contribution in [0, 0.1) is 6.92 Å². The van der Waals surface area contributed by atoms with Crippen LogP contribution in [0.3, 0.4) is 0 Å². The molecule has 2 aromatic heterocycles. The van der Waals surface area contributed by atoms with Gasteiger partial charge in [0.15, 0.2) is 0 Å². The van der Waals surface area contributed by atoms with Gasteiger partial charge in [0.1, 0.15) is 5.75 Å². The molecule has 156 valence electrons. The summed E-state index contributed by atoms with van der Waals surface area (Å²) in [6, 6.07) is 15.8. The maximum absolute atomic E-state index is 12.6. The molecule has 0 atom stereocenters. The van der Waals surface area contributed by atoms with Gasteiger partial charge in [-0.15, -0.1) is 0 Å². The molecule has 0 aliphatic heterocycles. The molecule has 1 N–H and O–H groups in total. The lowest BCUT2D eigenvalue weighted by Crippen LogP contribution is -2.23. The minimum Gasteiger partial charge on any atom is -0.439 e. The van der Waals surface area contributed by atoms with Gasteiger partial charge in [0.2, 0.25) is 11.8 Å². The Morgan fingerprint density at radius 2 is 1.90 bits per heavy atom. The van der Waals surface area contributed by atoms with Gasteiger partial charge >= 0.3 is 0 Å². The molecule has 8 heteroatoms. The number of nitrogens with one attached hydrogen (secondary N) is 1. The first kappa shape index (κ1) is 20.6. The number of amides is 1. The van der Waals surface area contributed by atoms with Crippen molar-refractivity contribution in [2.45, 2.75) is 19.9 Å². The van der Waals surface area contributed by atoms with Gasteiger partial charge in [0.05, 0.1) is 29.1 Å². The molecular formula is C23H19ClN4O3. The number of aromatic nitrogens is 3. The van der Waals surface area contributed by atoms with Crippen LogP contribution in [-0.2, 0) is 11.3 Å². The molecule has 31 heavy (non-hydrogen) atoms. The van der Waals surface area contributed by atoms with Gasteiger partial charge in [-0.25, -0.2) is 9.97 Å². The number of hydrogen-bond donors (Lipinski definition) is 1. The first-order valence-electron chi connectivity index (χ1n) is 9.64. The van der Waals surface area contributed by atoms with Crippen molar-refractivity contribution >= 4 is 34.1 Å². The van der Waals surface area contributed by atoms with E-state index in [9.17, 15) is 9.59 Å². The fourth-order valence-corrected chi connectivity index (χ4v) is 3.21. The third kappa shape index (κ3) is 4.90. The van der Waals surface area contributed by atoms with Crippen LogP contribution in [0.15, 0.2) is 71.9 Å². The van der Waals surface area contributed by atoms with E-state index in [2.05, 4.69) is 15.3 Å². The number of hydrogen-bond acceptors (Lipinski definition) is 5. The van der Waals surface area contributed by atoms with E-state index >= 15 is 0 Å². The molecular weight excluding hydrogens is 416 g/mol. The topological polar surface area (TPSA) is 86.1 Å². The number of fused-ring (bicyclic) bond motifs is 1. The van der Waals surface area contributed by atoms with E-state index in [-0.39, 0.29) is 24.4 Å². The largest absolute Gasteiger partial charge is 0.439 e. The molecule has 1 amide bonds. The van der Waals surface area contributed by atoms with Crippen molar-refractivity contribution in [2.24, 2.45) is 0 Å². The third-order valence-corrected chi connectivity index (χ3v) is 4.94. The van der Waals surface area contributed by atoms with Crippen LogP contribution < -0.4 is 15.6 Å². The Kier molecular flexibility index (Phi) is 5.95.